The molecule has 0 aliphatic carbocycles. The van der Waals surface area contributed by atoms with Gasteiger partial charge in [0.25, 0.3) is 0 Å². The standard InChI is InChI=1S/C43H38N3O.Pt/c1-27(2)35-19-11-20-37(42(35)47)39-26-34(31-16-9-13-29(5)23-31)25-38(44-39)32-17-10-18-33(24-32)40-41(30-14-7-6-8-15-30)46-22-12-21-36(28(3)4)43(46)45-40;/h6-23,25-28,47H,1-5H3;/q-1;. The molecule has 0 bridgehead atoms. The fourth-order valence-electron chi connectivity index (χ4n) is 6.39. The second kappa shape index (κ2) is 13.7. The number of aromatic hydroxyl groups is 1. The van der Waals surface area contributed by atoms with Crippen LogP contribution in [0, 0.1) is 13.0 Å². The number of fused-ring (bicyclic) bond motifs is 1. The normalized spacial score (nSPS) is 11.3. The van der Waals surface area contributed by atoms with Crippen molar-refractivity contribution in [3.63, 3.8) is 0 Å². The number of imidazole rings is 1. The molecule has 0 aliphatic heterocycles. The maximum atomic E-state index is 11.4. The summed E-state index contributed by atoms with van der Waals surface area (Å²) in [5.41, 5.74) is 13.4. The van der Waals surface area contributed by atoms with E-state index in [2.05, 4.69) is 142 Å². The summed E-state index contributed by atoms with van der Waals surface area (Å²) >= 11 is 0. The molecule has 0 spiro atoms. The number of benzene rings is 4. The predicted octanol–water partition coefficient (Wildman–Crippen LogP) is 11.1. The Morgan fingerprint density at radius 3 is 2.04 bits per heavy atom. The number of nitrogens with zero attached hydrogens (tertiary/aromatic N) is 3. The van der Waals surface area contributed by atoms with Crippen molar-refractivity contribution in [2.45, 2.75) is 46.5 Å². The van der Waals surface area contributed by atoms with Crippen LogP contribution in [0.5, 0.6) is 5.75 Å². The van der Waals surface area contributed by atoms with Gasteiger partial charge in [-0.15, -0.1) is 24.3 Å². The monoisotopic (exact) mass is 807 g/mol. The third-order valence-electron chi connectivity index (χ3n) is 8.82. The van der Waals surface area contributed by atoms with Crippen LogP contribution in [-0.4, -0.2) is 19.5 Å². The van der Waals surface area contributed by atoms with Crippen LogP contribution in [-0.2, 0) is 21.1 Å². The number of hydrogen-bond donors (Lipinski definition) is 1. The maximum absolute atomic E-state index is 11.4. The first kappa shape index (κ1) is 33.1. The zero-order valence-corrected chi connectivity index (χ0v) is 30.1. The Bertz CT molecular complexity index is 2230. The van der Waals surface area contributed by atoms with Gasteiger partial charge in [0.2, 0.25) is 0 Å². The molecule has 3 aromatic heterocycles. The summed E-state index contributed by atoms with van der Waals surface area (Å²) in [5, 5.41) is 11.4. The summed E-state index contributed by atoms with van der Waals surface area (Å²) in [5.74, 6) is 0.781. The van der Waals surface area contributed by atoms with Gasteiger partial charge < -0.3 is 9.51 Å². The molecule has 0 saturated carbocycles. The number of aromatic nitrogens is 3. The summed E-state index contributed by atoms with van der Waals surface area (Å²) < 4.78 is 2.21. The largest absolute Gasteiger partial charge is 0.507 e. The minimum Gasteiger partial charge on any atom is -0.507 e. The van der Waals surface area contributed by atoms with Crippen molar-refractivity contribution >= 4 is 5.65 Å². The smallest absolute Gasteiger partial charge is 0.132 e. The molecule has 0 aliphatic rings. The van der Waals surface area contributed by atoms with Crippen LogP contribution in [0.1, 0.15) is 56.2 Å². The van der Waals surface area contributed by atoms with Crippen LogP contribution in [0.25, 0.3) is 61.8 Å². The number of phenolic OH excluding ortho intramolecular Hbond substituents is 1. The Labute approximate surface area is 297 Å². The van der Waals surface area contributed by atoms with Gasteiger partial charge in [-0.05, 0) is 64.8 Å². The summed E-state index contributed by atoms with van der Waals surface area (Å²) in [6.07, 6.45) is 2.10. The number of hydrogen-bond acceptors (Lipinski definition) is 3. The second-order valence-corrected chi connectivity index (χ2v) is 12.9. The number of aryl methyl sites for hydroxylation is 1. The molecule has 0 unspecified atom stereocenters. The van der Waals surface area contributed by atoms with Gasteiger partial charge in [0.1, 0.15) is 11.4 Å². The summed E-state index contributed by atoms with van der Waals surface area (Å²) in [6, 6.07) is 43.2. The van der Waals surface area contributed by atoms with Gasteiger partial charge in [0, 0.05) is 49.9 Å². The number of rotatable bonds is 7. The average Bonchev–Trinajstić information content (AvgIpc) is 3.48. The van der Waals surface area contributed by atoms with E-state index in [1.54, 1.807) is 0 Å². The van der Waals surface area contributed by atoms with Crippen LogP contribution in [0.2, 0.25) is 0 Å². The molecule has 0 saturated heterocycles. The van der Waals surface area contributed by atoms with Crippen molar-refractivity contribution in [3.05, 3.63) is 144 Å². The number of pyridine rings is 2. The van der Waals surface area contributed by atoms with Crippen molar-refractivity contribution < 1.29 is 26.2 Å². The summed E-state index contributed by atoms with van der Waals surface area (Å²) in [7, 11) is 0. The van der Waals surface area contributed by atoms with Crippen molar-refractivity contribution in [2.24, 2.45) is 0 Å². The maximum Gasteiger partial charge on any atom is 0.132 e. The Morgan fingerprint density at radius 2 is 1.29 bits per heavy atom. The molecular weight excluding hydrogens is 770 g/mol. The molecule has 0 fully saturated rings. The van der Waals surface area contributed by atoms with Gasteiger partial charge in [0.15, 0.2) is 0 Å². The Balaban J connectivity index is 0.00000401. The molecule has 4 nitrogen and oxygen atoms in total. The molecule has 0 radical (unpaired) electrons. The zero-order chi connectivity index (χ0) is 32.7. The predicted molar refractivity (Wildman–Crippen MR) is 194 cm³/mol. The zero-order valence-electron chi connectivity index (χ0n) is 27.8. The van der Waals surface area contributed by atoms with Crippen LogP contribution >= 0.6 is 0 Å². The van der Waals surface area contributed by atoms with Gasteiger partial charge in [-0.1, -0.05) is 123 Å². The Hall–Kier alpha value is -4.79. The third kappa shape index (κ3) is 6.25. The van der Waals surface area contributed by atoms with Gasteiger partial charge >= 0.3 is 0 Å². The van der Waals surface area contributed by atoms with Crippen molar-refractivity contribution in [1.82, 2.24) is 14.4 Å². The van der Waals surface area contributed by atoms with E-state index in [4.69, 9.17) is 9.97 Å². The summed E-state index contributed by atoms with van der Waals surface area (Å²) in [6.45, 7) is 10.7. The van der Waals surface area contributed by atoms with E-state index >= 15 is 0 Å². The third-order valence-corrected chi connectivity index (χ3v) is 8.82. The number of para-hydroxylation sites is 1. The first-order chi connectivity index (χ1) is 22.8. The molecule has 0 amide bonds. The van der Waals surface area contributed by atoms with E-state index in [-0.39, 0.29) is 32.7 Å². The van der Waals surface area contributed by atoms with Gasteiger partial charge in [-0.3, -0.25) is 9.97 Å². The molecular formula is C43H38N3OPt-. The molecule has 7 rings (SSSR count). The van der Waals surface area contributed by atoms with E-state index in [9.17, 15) is 5.11 Å². The minimum absolute atomic E-state index is 0. The molecule has 3 heterocycles. The fraction of sp³-hybridized carbons (Fsp3) is 0.163. The Kier molecular flexibility index (Phi) is 9.49. The van der Waals surface area contributed by atoms with Crippen molar-refractivity contribution in [3.8, 4) is 61.9 Å². The van der Waals surface area contributed by atoms with Crippen molar-refractivity contribution in [2.75, 3.05) is 0 Å². The average molecular weight is 808 g/mol. The topological polar surface area (TPSA) is 50.4 Å². The van der Waals surface area contributed by atoms with Crippen LogP contribution < -0.4 is 0 Å². The van der Waals surface area contributed by atoms with Crippen LogP contribution in [0.4, 0.5) is 0 Å². The van der Waals surface area contributed by atoms with E-state index in [0.717, 1.165) is 67.4 Å². The molecule has 5 heteroatoms. The molecule has 0 atom stereocenters. The van der Waals surface area contributed by atoms with Crippen LogP contribution in [0.15, 0.2) is 121 Å². The van der Waals surface area contributed by atoms with Crippen molar-refractivity contribution in [1.29, 1.82) is 0 Å². The van der Waals surface area contributed by atoms with Gasteiger partial charge in [-0.25, -0.2) is 0 Å². The molecule has 7 aromatic rings. The first-order valence-electron chi connectivity index (χ1n) is 16.3. The van der Waals surface area contributed by atoms with Crippen LogP contribution in [0.3, 0.4) is 0 Å². The fourth-order valence-corrected chi connectivity index (χ4v) is 6.39. The van der Waals surface area contributed by atoms with Gasteiger partial charge in [0.05, 0.1) is 5.69 Å². The quantitative estimate of drug-likeness (QED) is 0.163. The van der Waals surface area contributed by atoms with E-state index < -0.39 is 0 Å². The van der Waals surface area contributed by atoms with E-state index in [0.29, 0.717) is 5.92 Å². The molecule has 1 N–H and O–H groups in total. The summed E-state index contributed by atoms with van der Waals surface area (Å²) in [4.78, 5) is 10.4. The van der Waals surface area contributed by atoms with E-state index in [1.807, 2.05) is 24.3 Å². The molecule has 48 heavy (non-hydrogen) atoms. The SMILES string of the molecule is Cc1cccc(-c2cc(-c3[c-]c(-c4nc5c(C(C)C)cccn5c4-c4ccccc4)ccc3)nc(-c3cccc(C(C)C)c3O)c2)c1.[Pt]. The number of phenols is 1. The second-order valence-electron chi connectivity index (χ2n) is 12.9. The Morgan fingerprint density at radius 1 is 0.625 bits per heavy atom. The molecule has 242 valence electrons. The van der Waals surface area contributed by atoms with Gasteiger partial charge in [-0.2, -0.15) is 0 Å². The molecule has 4 aromatic carbocycles. The minimum atomic E-state index is 0. The van der Waals surface area contributed by atoms with E-state index in [1.165, 1.54) is 11.1 Å². The first-order valence-corrected chi connectivity index (χ1v) is 16.3.